The van der Waals surface area contributed by atoms with Crippen LogP contribution in [0.5, 0.6) is 5.75 Å². The molecular weight excluding hydrogens is 292 g/mol. The average Bonchev–Trinajstić information content (AvgIpc) is 2.97. The summed E-state index contributed by atoms with van der Waals surface area (Å²) in [5.41, 5.74) is 0. The summed E-state index contributed by atoms with van der Waals surface area (Å²) in [6.45, 7) is 2.70. The van der Waals surface area contributed by atoms with Crippen LogP contribution in [0.15, 0.2) is 24.3 Å². The number of rotatable bonds is 6. The van der Waals surface area contributed by atoms with E-state index in [1.54, 1.807) is 19.2 Å². The molecule has 0 aliphatic carbocycles. The van der Waals surface area contributed by atoms with Gasteiger partial charge in [-0.2, -0.15) is 0 Å². The molecule has 112 valence electrons. The molecule has 2 aromatic rings. The number of benzene rings is 1. The predicted octanol–water partition coefficient (Wildman–Crippen LogP) is 2.17. The third kappa shape index (κ3) is 3.95. The van der Waals surface area contributed by atoms with Crippen LogP contribution in [-0.4, -0.2) is 46.2 Å². The van der Waals surface area contributed by atoms with E-state index in [0.717, 1.165) is 0 Å². The normalized spacial score (nSPS) is 10.4. The van der Waals surface area contributed by atoms with Crippen LogP contribution in [0.25, 0.3) is 0 Å². The number of para-hydroxylation sites is 1. The second kappa shape index (κ2) is 7.08. The van der Waals surface area contributed by atoms with Crippen LogP contribution in [0.2, 0.25) is 5.02 Å². The van der Waals surface area contributed by atoms with Crippen molar-refractivity contribution in [2.24, 2.45) is 0 Å². The number of H-pyrrole nitrogens is 1. The Balaban J connectivity index is 1.85. The summed E-state index contributed by atoms with van der Waals surface area (Å²) in [5, 5.41) is 7.17. The first-order valence-corrected chi connectivity index (χ1v) is 7.03. The molecule has 0 radical (unpaired) electrons. The van der Waals surface area contributed by atoms with Crippen molar-refractivity contribution in [1.29, 1.82) is 0 Å². The molecule has 7 heteroatoms. The van der Waals surface area contributed by atoms with Crippen molar-refractivity contribution in [2.45, 2.75) is 13.3 Å². The van der Waals surface area contributed by atoms with Crippen molar-refractivity contribution in [3.05, 3.63) is 40.9 Å². The summed E-state index contributed by atoms with van der Waals surface area (Å²) >= 11 is 5.99. The van der Waals surface area contributed by atoms with Gasteiger partial charge in [-0.05, 0) is 12.1 Å². The first-order valence-electron chi connectivity index (χ1n) is 6.66. The van der Waals surface area contributed by atoms with Crippen molar-refractivity contribution in [3.8, 4) is 5.75 Å². The van der Waals surface area contributed by atoms with Crippen molar-refractivity contribution in [1.82, 2.24) is 20.1 Å². The molecule has 21 heavy (non-hydrogen) atoms. The summed E-state index contributed by atoms with van der Waals surface area (Å²) in [5.74, 6) is 1.23. The Bertz CT molecular complexity index is 615. The lowest BCUT2D eigenvalue weighted by molar-refractivity contribution is 0.0762. The first kappa shape index (κ1) is 15.3. The molecule has 1 aromatic carbocycles. The Morgan fingerprint density at radius 2 is 2.19 bits per heavy atom. The first-order chi connectivity index (χ1) is 10.1. The number of aryl methyl sites for hydroxylation is 1. The van der Waals surface area contributed by atoms with E-state index in [-0.39, 0.29) is 11.7 Å². The molecule has 0 fully saturated rings. The quantitative estimate of drug-likeness (QED) is 0.888. The third-order valence-corrected chi connectivity index (χ3v) is 3.24. The number of ether oxygens (including phenoxy) is 1. The zero-order valence-corrected chi connectivity index (χ0v) is 12.7. The Morgan fingerprint density at radius 3 is 2.86 bits per heavy atom. The molecule has 0 saturated carbocycles. The number of aromatic nitrogens is 3. The molecule has 0 aliphatic heterocycles. The lowest BCUT2D eigenvalue weighted by Crippen LogP contribution is -2.31. The highest BCUT2D eigenvalue weighted by molar-refractivity contribution is 6.32. The molecule has 0 saturated heterocycles. The topological polar surface area (TPSA) is 71.1 Å². The summed E-state index contributed by atoms with van der Waals surface area (Å²) in [6.07, 6.45) is 0.708. The van der Waals surface area contributed by atoms with Crippen LogP contribution in [0.1, 0.15) is 23.4 Å². The average molecular weight is 309 g/mol. The fourth-order valence-electron chi connectivity index (χ4n) is 1.68. The van der Waals surface area contributed by atoms with Crippen LogP contribution in [0, 0.1) is 0 Å². The summed E-state index contributed by atoms with van der Waals surface area (Å²) in [6, 6.07) is 7.22. The number of nitrogens with one attached hydrogen (secondary N) is 1. The number of likely N-dealkylation sites (N-methyl/N-ethyl adjacent to an activating group) is 1. The van der Waals surface area contributed by atoms with Crippen molar-refractivity contribution < 1.29 is 9.53 Å². The van der Waals surface area contributed by atoms with E-state index in [0.29, 0.717) is 36.2 Å². The molecule has 1 heterocycles. The Hall–Kier alpha value is -2.08. The van der Waals surface area contributed by atoms with E-state index < -0.39 is 0 Å². The second-order valence-corrected chi connectivity index (χ2v) is 4.87. The maximum Gasteiger partial charge on any atom is 0.293 e. The highest BCUT2D eigenvalue weighted by atomic mass is 35.5. The number of carbonyl (C=O) groups excluding carboxylic acids is 1. The molecule has 2 rings (SSSR count). The summed E-state index contributed by atoms with van der Waals surface area (Å²) in [7, 11) is 1.68. The van der Waals surface area contributed by atoms with E-state index in [9.17, 15) is 4.79 Å². The van der Waals surface area contributed by atoms with Crippen LogP contribution < -0.4 is 4.74 Å². The van der Waals surface area contributed by atoms with Gasteiger partial charge in [-0.15, -0.1) is 5.10 Å². The van der Waals surface area contributed by atoms with Gasteiger partial charge in [0.15, 0.2) is 0 Å². The van der Waals surface area contributed by atoms with Crippen LogP contribution in [0.3, 0.4) is 0 Å². The molecule has 1 N–H and O–H groups in total. The highest BCUT2D eigenvalue weighted by Gasteiger charge is 2.16. The molecule has 1 amide bonds. The molecule has 0 bridgehead atoms. The highest BCUT2D eigenvalue weighted by Crippen LogP contribution is 2.22. The van der Waals surface area contributed by atoms with Gasteiger partial charge in [-0.3, -0.25) is 9.89 Å². The minimum Gasteiger partial charge on any atom is -0.490 e. The van der Waals surface area contributed by atoms with Gasteiger partial charge in [0.25, 0.3) is 5.91 Å². The monoisotopic (exact) mass is 308 g/mol. The predicted molar refractivity (Wildman–Crippen MR) is 79.7 cm³/mol. The van der Waals surface area contributed by atoms with E-state index in [1.165, 1.54) is 4.90 Å². The summed E-state index contributed by atoms with van der Waals surface area (Å²) < 4.78 is 5.55. The minimum atomic E-state index is -0.242. The van der Waals surface area contributed by atoms with Gasteiger partial charge in [0.1, 0.15) is 18.2 Å². The largest absolute Gasteiger partial charge is 0.490 e. The summed E-state index contributed by atoms with van der Waals surface area (Å²) in [4.78, 5) is 17.7. The fraction of sp³-hybridized carbons (Fsp3) is 0.357. The van der Waals surface area contributed by atoms with E-state index >= 15 is 0 Å². The lowest BCUT2D eigenvalue weighted by atomic mass is 10.3. The Kier molecular flexibility index (Phi) is 5.16. The number of hydrogen-bond donors (Lipinski definition) is 1. The smallest absolute Gasteiger partial charge is 0.293 e. The molecular formula is C14H17ClN4O2. The zero-order valence-electron chi connectivity index (χ0n) is 12.0. The maximum absolute atomic E-state index is 12.1. The van der Waals surface area contributed by atoms with Gasteiger partial charge in [0, 0.05) is 13.5 Å². The number of carbonyl (C=O) groups is 1. The number of halogens is 1. The van der Waals surface area contributed by atoms with Crippen LogP contribution >= 0.6 is 11.6 Å². The maximum atomic E-state index is 12.1. The van der Waals surface area contributed by atoms with Gasteiger partial charge in [-0.1, -0.05) is 30.7 Å². The van der Waals surface area contributed by atoms with Gasteiger partial charge in [0.2, 0.25) is 5.82 Å². The van der Waals surface area contributed by atoms with Crippen LogP contribution in [-0.2, 0) is 6.42 Å². The standard InChI is InChI=1S/C14H17ClN4O2/c1-3-12-16-13(18-17-12)14(20)19(2)8-9-21-11-7-5-4-6-10(11)15/h4-7H,3,8-9H2,1-2H3,(H,16,17,18). The fourth-order valence-corrected chi connectivity index (χ4v) is 1.87. The Labute approximate surface area is 128 Å². The second-order valence-electron chi connectivity index (χ2n) is 4.46. The van der Waals surface area contributed by atoms with E-state index in [1.807, 2.05) is 19.1 Å². The lowest BCUT2D eigenvalue weighted by Gasteiger charge is -2.16. The number of aromatic amines is 1. The van der Waals surface area contributed by atoms with Crippen LogP contribution in [0.4, 0.5) is 0 Å². The molecule has 0 atom stereocenters. The molecule has 0 spiro atoms. The number of amides is 1. The zero-order chi connectivity index (χ0) is 15.2. The number of nitrogens with zero attached hydrogens (tertiary/aromatic N) is 3. The van der Waals surface area contributed by atoms with Gasteiger partial charge in [-0.25, -0.2) is 4.98 Å². The van der Waals surface area contributed by atoms with Crippen molar-refractivity contribution in [3.63, 3.8) is 0 Å². The molecule has 1 aromatic heterocycles. The van der Waals surface area contributed by atoms with Crippen molar-refractivity contribution in [2.75, 3.05) is 20.2 Å². The molecule has 0 aliphatic rings. The third-order valence-electron chi connectivity index (χ3n) is 2.93. The molecule has 6 nitrogen and oxygen atoms in total. The van der Waals surface area contributed by atoms with Gasteiger partial charge in [0.05, 0.1) is 11.6 Å². The molecule has 0 unspecified atom stereocenters. The van der Waals surface area contributed by atoms with E-state index in [2.05, 4.69) is 15.2 Å². The van der Waals surface area contributed by atoms with E-state index in [4.69, 9.17) is 16.3 Å². The van der Waals surface area contributed by atoms with Gasteiger partial charge < -0.3 is 9.64 Å². The SMILES string of the molecule is CCc1nc(C(=O)N(C)CCOc2ccccc2Cl)n[nH]1. The number of hydrogen-bond acceptors (Lipinski definition) is 4. The Morgan fingerprint density at radius 1 is 1.43 bits per heavy atom. The van der Waals surface area contributed by atoms with Crippen molar-refractivity contribution >= 4 is 17.5 Å². The van der Waals surface area contributed by atoms with Gasteiger partial charge >= 0.3 is 0 Å². The minimum absolute atomic E-state index is 0.173.